The van der Waals surface area contributed by atoms with Crippen molar-refractivity contribution in [2.45, 2.75) is 50.5 Å². The van der Waals surface area contributed by atoms with Gasteiger partial charge in [-0.05, 0) is 38.2 Å². The number of aromatic nitrogens is 4. The number of nitrogens with one attached hydrogen (secondary N) is 1. The van der Waals surface area contributed by atoms with Gasteiger partial charge in [-0.25, -0.2) is 4.98 Å². The fourth-order valence-electron chi connectivity index (χ4n) is 5.86. The van der Waals surface area contributed by atoms with E-state index in [1.165, 1.54) is 0 Å². The maximum atomic E-state index is 13.3. The van der Waals surface area contributed by atoms with Gasteiger partial charge < -0.3 is 9.88 Å². The molecule has 4 heterocycles. The summed E-state index contributed by atoms with van der Waals surface area (Å²) in [6.45, 7) is 2.30. The zero-order chi connectivity index (χ0) is 21.7. The maximum absolute atomic E-state index is 13.3. The van der Waals surface area contributed by atoms with Gasteiger partial charge in [0.05, 0.1) is 5.69 Å². The number of hydrogen-bond donors (Lipinski definition) is 1. The maximum Gasteiger partial charge on any atom is 0.254 e. The molecule has 0 bridgehead atoms. The molecule has 0 radical (unpaired) electrons. The Bertz CT molecular complexity index is 1220. The molecule has 164 valence electrons. The Kier molecular flexibility index (Phi) is 4.52. The molecule has 7 nitrogen and oxygen atoms in total. The van der Waals surface area contributed by atoms with E-state index in [2.05, 4.69) is 10.1 Å². The molecule has 3 aromatic rings. The summed E-state index contributed by atoms with van der Waals surface area (Å²) in [6, 6.07) is 11.9. The van der Waals surface area contributed by atoms with Crippen LogP contribution in [0.15, 0.2) is 47.4 Å². The van der Waals surface area contributed by atoms with Crippen LogP contribution >= 0.6 is 0 Å². The van der Waals surface area contributed by atoms with Crippen molar-refractivity contribution in [2.24, 2.45) is 5.92 Å². The van der Waals surface area contributed by atoms with Crippen LogP contribution in [0.5, 0.6) is 0 Å². The van der Waals surface area contributed by atoms with Gasteiger partial charge in [-0.3, -0.25) is 14.3 Å². The first-order valence-corrected chi connectivity index (χ1v) is 11.6. The Morgan fingerprint density at radius 2 is 1.88 bits per heavy atom. The quantitative estimate of drug-likeness (QED) is 0.679. The fraction of sp³-hybridized carbons (Fsp3) is 0.440. The van der Waals surface area contributed by atoms with Crippen molar-refractivity contribution in [2.75, 3.05) is 13.1 Å². The SMILES string of the molecule is O=C(C1CCn2nccc2C1)N1CCC2(CCc3c2nc(-c2ccccc2)[nH]c3=O)CC1. The second kappa shape index (κ2) is 7.43. The van der Waals surface area contributed by atoms with Crippen LogP contribution in [-0.4, -0.2) is 43.6 Å². The van der Waals surface area contributed by atoms with E-state index in [1.54, 1.807) is 0 Å². The van der Waals surface area contributed by atoms with Gasteiger partial charge in [0.15, 0.2) is 0 Å². The molecule has 1 aromatic carbocycles. The molecule has 3 aliphatic rings. The molecule has 1 spiro atoms. The number of H-pyrrole nitrogens is 1. The van der Waals surface area contributed by atoms with Crippen molar-refractivity contribution < 1.29 is 4.79 Å². The van der Waals surface area contributed by atoms with Gasteiger partial charge in [0.25, 0.3) is 5.56 Å². The number of carbonyl (C=O) groups is 1. The largest absolute Gasteiger partial charge is 0.342 e. The molecule has 1 aliphatic carbocycles. The standard InChI is InChI=1S/C25H27N5O2/c31-23-20-6-9-25(21(20)27-22(28-23)17-4-2-1-3-5-17)10-14-29(15-11-25)24(32)18-8-13-30-19(16-18)7-12-26-30/h1-5,7,12,18H,6,8-11,13-16H2,(H,27,28,31). The van der Waals surface area contributed by atoms with E-state index < -0.39 is 0 Å². The smallest absolute Gasteiger partial charge is 0.254 e. The highest BCUT2D eigenvalue weighted by Gasteiger charge is 2.45. The zero-order valence-corrected chi connectivity index (χ0v) is 18.1. The highest BCUT2D eigenvalue weighted by Crippen LogP contribution is 2.45. The Labute approximate surface area is 186 Å². The molecule has 2 aliphatic heterocycles. The van der Waals surface area contributed by atoms with E-state index in [-0.39, 0.29) is 22.8 Å². The van der Waals surface area contributed by atoms with Crippen LogP contribution in [-0.2, 0) is 29.6 Å². The fourth-order valence-corrected chi connectivity index (χ4v) is 5.86. The van der Waals surface area contributed by atoms with Gasteiger partial charge in [-0.2, -0.15) is 5.10 Å². The molecule has 2 aromatic heterocycles. The van der Waals surface area contributed by atoms with Gasteiger partial charge in [-0.15, -0.1) is 0 Å². The van der Waals surface area contributed by atoms with Gasteiger partial charge in [0.2, 0.25) is 5.91 Å². The molecule has 1 atom stereocenters. The summed E-state index contributed by atoms with van der Waals surface area (Å²) in [7, 11) is 0. The molecule has 1 unspecified atom stereocenters. The first kappa shape index (κ1) is 19.5. The van der Waals surface area contributed by atoms with Gasteiger partial charge in [0, 0.05) is 60.4 Å². The van der Waals surface area contributed by atoms with Crippen LogP contribution in [0, 0.1) is 5.92 Å². The first-order valence-electron chi connectivity index (χ1n) is 11.6. The Balaban J connectivity index is 1.22. The summed E-state index contributed by atoms with van der Waals surface area (Å²) in [4.78, 5) is 36.1. The lowest BCUT2D eigenvalue weighted by Gasteiger charge is -2.41. The number of hydrogen-bond acceptors (Lipinski definition) is 4. The van der Waals surface area contributed by atoms with Gasteiger partial charge in [0.1, 0.15) is 5.82 Å². The van der Waals surface area contributed by atoms with Crippen molar-refractivity contribution in [3.8, 4) is 11.4 Å². The van der Waals surface area contributed by atoms with E-state index in [9.17, 15) is 9.59 Å². The van der Waals surface area contributed by atoms with Gasteiger partial charge >= 0.3 is 0 Å². The summed E-state index contributed by atoms with van der Waals surface area (Å²) in [5.41, 5.74) is 3.79. The topological polar surface area (TPSA) is 83.9 Å². The number of nitrogens with zero attached hydrogens (tertiary/aromatic N) is 4. The number of carbonyl (C=O) groups excluding carboxylic acids is 1. The van der Waals surface area contributed by atoms with Crippen LogP contribution in [0.3, 0.4) is 0 Å². The lowest BCUT2D eigenvalue weighted by molar-refractivity contribution is -0.138. The minimum absolute atomic E-state index is 0.0111. The highest BCUT2D eigenvalue weighted by molar-refractivity contribution is 5.79. The second-order valence-corrected chi connectivity index (χ2v) is 9.45. The monoisotopic (exact) mass is 429 g/mol. The Morgan fingerprint density at radius 1 is 1.06 bits per heavy atom. The van der Waals surface area contributed by atoms with Crippen molar-refractivity contribution in [1.82, 2.24) is 24.6 Å². The minimum atomic E-state index is -0.0882. The van der Waals surface area contributed by atoms with E-state index in [1.807, 2.05) is 52.2 Å². The molecule has 7 heteroatoms. The Hall–Kier alpha value is -3.22. The van der Waals surface area contributed by atoms with Crippen LogP contribution in [0.2, 0.25) is 0 Å². The summed E-state index contributed by atoms with van der Waals surface area (Å²) < 4.78 is 2.01. The number of amides is 1. The number of aromatic amines is 1. The van der Waals surface area contributed by atoms with Gasteiger partial charge in [-0.1, -0.05) is 30.3 Å². The van der Waals surface area contributed by atoms with Crippen molar-refractivity contribution in [1.29, 1.82) is 0 Å². The number of piperidine rings is 1. The van der Waals surface area contributed by atoms with Crippen molar-refractivity contribution in [3.05, 3.63) is 69.9 Å². The summed E-state index contributed by atoms with van der Waals surface area (Å²) in [5.74, 6) is 0.970. The number of fused-ring (bicyclic) bond motifs is 3. The average Bonchev–Trinajstić information content (AvgIpc) is 3.45. The average molecular weight is 430 g/mol. The van der Waals surface area contributed by atoms with Crippen LogP contribution in [0.1, 0.15) is 42.6 Å². The lowest BCUT2D eigenvalue weighted by atomic mass is 9.75. The summed E-state index contributed by atoms with van der Waals surface area (Å²) in [5, 5.41) is 4.33. The minimum Gasteiger partial charge on any atom is -0.342 e. The molecular formula is C25H27N5O2. The molecule has 1 saturated heterocycles. The predicted octanol–water partition coefficient (Wildman–Crippen LogP) is 2.70. The predicted molar refractivity (Wildman–Crippen MR) is 120 cm³/mol. The first-order chi connectivity index (χ1) is 15.6. The van der Waals surface area contributed by atoms with Crippen molar-refractivity contribution in [3.63, 3.8) is 0 Å². The highest BCUT2D eigenvalue weighted by atomic mass is 16.2. The number of likely N-dealkylation sites (tertiary alicyclic amines) is 1. The van der Waals surface area contributed by atoms with E-state index in [4.69, 9.17) is 4.98 Å². The summed E-state index contributed by atoms with van der Waals surface area (Å²) in [6.07, 6.45) is 6.93. The van der Waals surface area contributed by atoms with E-state index in [0.29, 0.717) is 5.82 Å². The zero-order valence-electron chi connectivity index (χ0n) is 18.1. The summed E-state index contributed by atoms with van der Waals surface area (Å²) >= 11 is 0. The number of rotatable bonds is 2. The Morgan fingerprint density at radius 3 is 2.69 bits per heavy atom. The van der Waals surface area contributed by atoms with E-state index in [0.717, 1.165) is 80.7 Å². The molecule has 6 rings (SSSR count). The normalized spacial score (nSPS) is 21.4. The molecule has 1 N–H and O–H groups in total. The van der Waals surface area contributed by atoms with Crippen LogP contribution in [0.4, 0.5) is 0 Å². The number of benzene rings is 1. The third-order valence-corrected chi connectivity index (χ3v) is 7.75. The van der Waals surface area contributed by atoms with Crippen molar-refractivity contribution >= 4 is 5.91 Å². The molecule has 1 amide bonds. The third-order valence-electron chi connectivity index (χ3n) is 7.75. The molecule has 32 heavy (non-hydrogen) atoms. The third kappa shape index (κ3) is 3.10. The second-order valence-electron chi connectivity index (χ2n) is 9.45. The van der Waals surface area contributed by atoms with Crippen LogP contribution < -0.4 is 5.56 Å². The molecular weight excluding hydrogens is 402 g/mol. The molecule has 1 fully saturated rings. The van der Waals surface area contributed by atoms with E-state index >= 15 is 0 Å². The van der Waals surface area contributed by atoms with Crippen LogP contribution in [0.25, 0.3) is 11.4 Å². The molecule has 0 saturated carbocycles. The number of aryl methyl sites for hydroxylation is 1. The lowest BCUT2D eigenvalue weighted by Crippen LogP contribution is -2.47.